The van der Waals surface area contributed by atoms with E-state index in [1.165, 1.54) is 18.2 Å². The van der Waals surface area contributed by atoms with Gasteiger partial charge in [-0.1, -0.05) is 11.6 Å². The summed E-state index contributed by atoms with van der Waals surface area (Å²) < 4.78 is 18.8. The van der Waals surface area contributed by atoms with Crippen molar-refractivity contribution in [3.05, 3.63) is 62.9 Å². The van der Waals surface area contributed by atoms with Crippen LogP contribution in [0.1, 0.15) is 10.4 Å². The molecule has 2 aromatic carbocycles. The lowest BCUT2D eigenvalue weighted by Gasteiger charge is -2.08. The predicted octanol–water partition coefficient (Wildman–Crippen LogP) is 3.88. The van der Waals surface area contributed by atoms with Crippen molar-refractivity contribution in [1.29, 1.82) is 0 Å². The summed E-state index contributed by atoms with van der Waals surface area (Å²) in [6.45, 7) is 0. The zero-order valence-corrected chi connectivity index (χ0v) is 11.0. The van der Waals surface area contributed by atoms with E-state index in [1.54, 1.807) is 0 Å². The maximum absolute atomic E-state index is 13.5. The number of ether oxygens (including phenoxy) is 1. The van der Waals surface area contributed by atoms with Crippen molar-refractivity contribution in [2.75, 3.05) is 0 Å². The molecular formula is C13H7ClFNO5. The molecule has 0 aliphatic rings. The second-order valence-electron chi connectivity index (χ2n) is 3.92. The molecule has 0 fully saturated rings. The molecule has 0 aliphatic heterocycles. The molecule has 2 rings (SSSR count). The fraction of sp³-hybridized carbons (Fsp3) is 0. The fourth-order valence-electron chi connectivity index (χ4n) is 1.55. The highest BCUT2D eigenvalue weighted by molar-refractivity contribution is 6.32. The van der Waals surface area contributed by atoms with Gasteiger partial charge >= 0.3 is 5.97 Å². The molecule has 0 spiro atoms. The summed E-state index contributed by atoms with van der Waals surface area (Å²) in [5.74, 6) is -2.25. The first-order chi connectivity index (χ1) is 9.88. The highest BCUT2D eigenvalue weighted by atomic mass is 35.5. The first kappa shape index (κ1) is 14.7. The molecule has 6 nitrogen and oxygen atoms in total. The van der Waals surface area contributed by atoms with Crippen LogP contribution in [0.2, 0.25) is 5.02 Å². The van der Waals surface area contributed by atoms with E-state index in [0.29, 0.717) is 0 Å². The van der Waals surface area contributed by atoms with Gasteiger partial charge in [-0.25, -0.2) is 9.18 Å². The molecule has 0 bridgehead atoms. The average molecular weight is 312 g/mol. The van der Waals surface area contributed by atoms with Crippen LogP contribution in [0.4, 0.5) is 10.1 Å². The third kappa shape index (κ3) is 3.26. The number of hydrogen-bond acceptors (Lipinski definition) is 4. The van der Waals surface area contributed by atoms with E-state index < -0.39 is 22.3 Å². The number of carboxylic acid groups (broad SMARTS) is 1. The molecule has 0 atom stereocenters. The molecule has 0 aliphatic carbocycles. The predicted molar refractivity (Wildman–Crippen MR) is 71.5 cm³/mol. The molecule has 2 aromatic rings. The van der Waals surface area contributed by atoms with Crippen LogP contribution in [0.25, 0.3) is 0 Å². The molecule has 1 N–H and O–H groups in total. The second-order valence-corrected chi connectivity index (χ2v) is 4.33. The van der Waals surface area contributed by atoms with Gasteiger partial charge in [0.25, 0.3) is 5.69 Å². The number of nitro groups is 1. The number of carboxylic acids is 1. The molecule has 0 heterocycles. The SMILES string of the molecule is O=C(O)c1ccc(Oc2ccc([N+](=O)[O-])cc2Cl)cc1F. The normalized spacial score (nSPS) is 10.2. The van der Waals surface area contributed by atoms with Crippen molar-refractivity contribution in [2.45, 2.75) is 0 Å². The van der Waals surface area contributed by atoms with E-state index in [1.807, 2.05) is 0 Å². The number of halogens is 2. The van der Waals surface area contributed by atoms with Crippen LogP contribution in [0.15, 0.2) is 36.4 Å². The molecule has 108 valence electrons. The van der Waals surface area contributed by atoms with Crippen molar-refractivity contribution in [3.63, 3.8) is 0 Å². The Bertz CT molecular complexity index is 734. The molecule has 0 saturated heterocycles. The summed E-state index contributed by atoms with van der Waals surface area (Å²) in [5.41, 5.74) is -0.697. The van der Waals surface area contributed by atoms with E-state index in [0.717, 1.165) is 18.2 Å². The summed E-state index contributed by atoms with van der Waals surface area (Å²) >= 11 is 5.83. The Hall–Kier alpha value is -2.67. The Morgan fingerprint density at radius 1 is 1.29 bits per heavy atom. The lowest BCUT2D eigenvalue weighted by Crippen LogP contribution is -2.00. The number of hydrogen-bond donors (Lipinski definition) is 1. The Labute approximate surface area is 122 Å². The van der Waals surface area contributed by atoms with Crippen molar-refractivity contribution >= 4 is 23.3 Å². The lowest BCUT2D eigenvalue weighted by atomic mass is 10.2. The topological polar surface area (TPSA) is 89.7 Å². The first-order valence-electron chi connectivity index (χ1n) is 5.53. The molecule has 0 radical (unpaired) electrons. The van der Waals surface area contributed by atoms with Gasteiger partial charge in [-0.15, -0.1) is 0 Å². The third-order valence-corrected chi connectivity index (χ3v) is 2.82. The number of carbonyl (C=O) groups is 1. The second kappa shape index (κ2) is 5.76. The van der Waals surface area contributed by atoms with Gasteiger partial charge in [0.05, 0.1) is 15.5 Å². The van der Waals surface area contributed by atoms with Gasteiger partial charge in [-0.05, 0) is 18.2 Å². The van der Waals surface area contributed by atoms with Crippen LogP contribution in [0.3, 0.4) is 0 Å². The largest absolute Gasteiger partial charge is 0.478 e. The highest BCUT2D eigenvalue weighted by Gasteiger charge is 2.14. The summed E-state index contributed by atoms with van der Waals surface area (Å²) in [5, 5.41) is 19.3. The minimum Gasteiger partial charge on any atom is -0.478 e. The molecule has 0 saturated carbocycles. The number of nitro benzene ring substituents is 1. The number of rotatable bonds is 4. The van der Waals surface area contributed by atoms with Gasteiger partial charge in [-0.2, -0.15) is 0 Å². The van der Waals surface area contributed by atoms with Gasteiger partial charge < -0.3 is 9.84 Å². The zero-order chi connectivity index (χ0) is 15.6. The van der Waals surface area contributed by atoms with Crippen molar-refractivity contribution in [1.82, 2.24) is 0 Å². The van der Waals surface area contributed by atoms with Crippen LogP contribution in [-0.4, -0.2) is 16.0 Å². The monoisotopic (exact) mass is 311 g/mol. The fourth-order valence-corrected chi connectivity index (χ4v) is 1.76. The number of aromatic carboxylic acids is 1. The zero-order valence-electron chi connectivity index (χ0n) is 10.2. The van der Waals surface area contributed by atoms with Crippen molar-refractivity contribution < 1.29 is 24.0 Å². The molecule has 0 unspecified atom stereocenters. The van der Waals surface area contributed by atoms with Crippen LogP contribution in [-0.2, 0) is 0 Å². The minimum atomic E-state index is -1.40. The third-order valence-electron chi connectivity index (χ3n) is 2.53. The van der Waals surface area contributed by atoms with Crippen molar-refractivity contribution in [3.8, 4) is 11.5 Å². The van der Waals surface area contributed by atoms with Gasteiger partial charge in [0, 0.05) is 18.2 Å². The van der Waals surface area contributed by atoms with Crippen LogP contribution < -0.4 is 4.74 Å². The Balaban J connectivity index is 2.28. The number of benzene rings is 2. The van der Waals surface area contributed by atoms with E-state index in [-0.39, 0.29) is 22.2 Å². The Morgan fingerprint density at radius 2 is 2.00 bits per heavy atom. The Kier molecular flexibility index (Phi) is 4.04. The molecular weight excluding hydrogens is 305 g/mol. The minimum absolute atomic E-state index is 0.0214. The van der Waals surface area contributed by atoms with E-state index >= 15 is 0 Å². The first-order valence-corrected chi connectivity index (χ1v) is 5.91. The quantitative estimate of drug-likeness (QED) is 0.683. The van der Waals surface area contributed by atoms with Crippen LogP contribution in [0, 0.1) is 15.9 Å². The van der Waals surface area contributed by atoms with Crippen LogP contribution in [0.5, 0.6) is 11.5 Å². The maximum atomic E-state index is 13.5. The van der Waals surface area contributed by atoms with Gasteiger partial charge in [0.15, 0.2) is 0 Å². The number of nitrogens with zero attached hydrogens (tertiary/aromatic N) is 1. The average Bonchev–Trinajstić information content (AvgIpc) is 2.40. The summed E-state index contributed by atoms with van der Waals surface area (Å²) in [6.07, 6.45) is 0. The Morgan fingerprint density at radius 3 is 2.52 bits per heavy atom. The smallest absolute Gasteiger partial charge is 0.338 e. The summed E-state index contributed by atoms with van der Waals surface area (Å²) in [6, 6.07) is 6.74. The lowest BCUT2D eigenvalue weighted by molar-refractivity contribution is -0.384. The standard InChI is InChI=1S/C13H7ClFNO5/c14-10-5-7(16(19)20)1-4-12(10)21-8-2-3-9(13(17)18)11(15)6-8/h1-6H,(H,17,18). The molecule has 0 amide bonds. The summed E-state index contributed by atoms with van der Waals surface area (Å²) in [4.78, 5) is 20.6. The van der Waals surface area contributed by atoms with Gasteiger partial charge in [0.1, 0.15) is 17.3 Å². The molecule has 21 heavy (non-hydrogen) atoms. The van der Waals surface area contributed by atoms with E-state index in [4.69, 9.17) is 21.4 Å². The summed E-state index contributed by atoms with van der Waals surface area (Å²) in [7, 11) is 0. The van der Waals surface area contributed by atoms with E-state index in [9.17, 15) is 19.3 Å². The number of non-ortho nitro benzene ring substituents is 1. The van der Waals surface area contributed by atoms with Gasteiger partial charge in [0.2, 0.25) is 0 Å². The van der Waals surface area contributed by atoms with Gasteiger partial charge in [-0.3, -0.25) is 10.1 Å². The highest BCUT2D eigenvalue weighted by Crippen LogP contribution is 2.32. The van der Waals surface area contributed by atoms with Crippen LogP contribution >= 0.6 is 11.6 Å². The molecule has 0 aromatic heterocycles. The maximum Gasteiger partial charge on any atom is 0.338 e. The molecule has 8 heteroatoms. The van der Waals surface area contributed by atoms with E-state index in [2.05, 4.69) is 0 Å². The van der Waals surface area contributed by atoms with Crippen molar-refractivity contribution in [2.24, 2.45) is 0 Å².